The van der Waals surface area contributed by atoms with Gasteiger partial charge < -0.3 is 9.72 Å². The molecule has 2 saturated carbocycles. The highest BCUT2D eigenvalue weighted by molar-refractivity contribution is 6.35. The van der Waals surface area contributed by atoms with Crippen molar-refractivity contribution in [3.8, 4) is 5.88 Å². The number of H-pyrrole nitrogens is 1. The first-order chi connectivity index (χ1) is 16.6. The third-order valence-electron chi connectivity index (χ3n) is 7.25. The van der Waals surface area contributed by atoms with Gasteiger partial charge in [-0.05, 0) is 31.7 Å². The molecule has 2 bridgehead atoms. The molecule has 4 heterocycles. The number of aromatic amines is 1. The van der Waals surface area contributed by atoms with Gasteiger partial charge in [-0.25, -0.2) is 14.8 Å². The second-order valence-corrected chi connectivity index (χ2v) is 9.66. The lowest BCUT2D eigenvalue weighted by Gasteiger charge is -2.34. The van der Waals surface area contributed by atoms with Gasteiger partial charge >= 0.3 is 12.2 Å². The third kappa shape index (κ3) is 3.33. The van der Waals surface area contributed by atoms with Crippen molar-refractivity contribution in [2.24, 2.45) is 0 Å². The van der Waals surface area contributed by atoms with Gasteiger partial charge in [0.2, 0.25) is 5.88 Å². The summed E-state index contributed by atoms with van der Waals surface area (Å²) >= 11 is 6.28. The molecule has 9 nitrogen and oxygen atoms in total. The number of pyridine rings is 1. The zero-order valence-electron chi connectivity index (χ0n) is 18.1. The summed E-state index contributed by atoms with van der Waals surface area (Å²) in [7, 11) is 0. The lowest BCUT2D eigenvalue weighted by Crippen LogP contribution is -2.49. The molecular weight excluding hydrogens is 489 g/mol. The standard InChI is InChI=1S/C22H18ClF3N6O3/c23-14-8-28-17-16(14)18(30-11-29-17)35-21-3-1-20(10-21,2-4-21)32-15(33)9-31(19(32)34)13-5-12(6-27-7-13)22(24,25)26/h5-8,11H,1-4,9-10H2,(H,28,29,30). The molecule has 1 N–H and O–H groups in total. The minimum absolute atomic E-state index is 0.0685. The fourth-order valence-electron chi connectivity index (χ4n) is 5.65. The number of hydrogen-bond donors (Lipinski definition) is 1. The van der Waals surface area contributed by atoms with Gasteiger partial charge in [-0.15, -0.1) is 0 Å². The van der Waals surface area contributed by atoms with E-state index in [9.17, 15) is 22.8 Å². The van der Waals surface area contributed by atoms with E-state index in [1.165, 1.54) is 11.2 Å². The van der Waals surface area contributed by atoms with Gasteiger partial charge in [-0.1, -0.05) is 11.6 Å². The van der Waals surface area contributed by atoms with E-state index in [-0.39, 0.29) is 12.2 Å². The third-order valence-corrected chi connectivity index (χ3v) is 7.54. The second-order valence-electron chi connectivity index (χ2n) is 9.25. The quantitative estimate of drug-likeness (QED) is 0.528. The summed E-state index contributed by atoms with van der Waals surface area (Å²) in [5, 5.41) is 0.981. The number of anilines is 1. The zero-order chi connectivity index (χ0) is 24.6. The molecule has 3 fully saturated rings. The Morgan fingerprint density at radius 1 is 1.11 bits per heavy atom. The molecule has 3 aromatic heterocycles. The van der Waals surface area contributed by atoms with Crippen LogP contribution in [0.5, 0.6) is 5.88 Å². The second kappa shape index (κ2) is 7.30. The first-order valence-electron chi connectivity index (χ1n) is 10.9. The van der Waals surface area contributed by atoms with Crippen LogP contribution in [0.15, 0.2) is 31.0 Å². The fraction of sp³-hybridized carbons (Fsp3) is 0.409. The van der Waals surface area contributed by atoms with Gasteiger partial charge in [0, 0.05) is 18.8 Å². The predicted molar refractivity (Wildman–Crippen MR) is 117 cm³/mol. The van der Waals surface area contributed by atoms with Crippen molar-refractivity contribution < 1.29 is 27.5 Å². The van der Waals surface area contributed by atoms with E-state index in [2.05, 4.69) is 19.9 Å². The van der Waals surface area contributed by atoms with Crippen LogP contribution in [0.3, 0.4) is 0 Å². The normalized spacial score (nSPS) is 26.4. The Morgan fingerprint density at radius 3 is 2.63 bits per heavy atom. The molecule has 2 aliphatic carbocycles. The number of aromatic nitrogens is 4. The molecule has 0 aromatic carbocycles. The molecule has 182 valence electrons. The van der Waals surface area contributed by atoms with Gasteiger partial charge in [-0.2, -0.15) is 13.2 Å². The monoisotopic (exact) mass is 506 g/mol. The summed E-state index contributed by atoms with van der Waals surface area (Å²) in [6.45, 7) is -0.344. The first kappa shape index (κ1) is 22.1. The fourth-order valence-corrected chi connectivity index (χ4v) is 5.87. The Hall–Kier alpha value is -3.41. The largest absolute Gasteiger partial charge is 0.470 e. The Kier molecular flexibility index (Phi) is 4.60. The Balaban J connectivity index is 1.27. The van der Waals surface area contributed by atoms with Gasteiger partial charge in [0.15, 0.2) is 0 Å². The number of ether oxygens (including phenoxy) is 1. The molecule has 0 atom stereocenters. The lowest BCUT2D eigenvalue weighted by atomic mass is 9.91. The number of carbonyl (C=O) groups is 2. The predicted octanol–water partition coefficient (Wildman–Crippen LogP) is 4.33. The molecule has 6 rings (SSSR count). The van der Waals surface area contributed by atoms with E-state index in [1.807, 2.05) is 0 Å². The SMILES string of the molecule is O=C1CN(c2cncc(C(F)(F)F)c2)C(=O)N1C12CCC(Oc3ncnc4[nH]cc(Cl)c34)(CC1)C2. The molecule has 0 radical (unpaired) electrons. The molecule has 3 aromatic rings. The topological polar surface area (TPSA) is 104 Å². The van der Waals surface area contributed by atoms with Gasteiger partial charge in [0.1, 0.15) is 24.1 Å². The van der Waals surface area contributed by atoms with Crippen LogP contribution in [-0.2, 0) is 11.0 Å². The highest BCUT2D eigenvalue weighted by Crippen LogP contribution is 2.56. The van der Waals surface area contributed by atoms with E-state index in [1.54, 1.807) is 6.20 Å². The molecule has 0 spiro atoms. The van der Waals surface area contributed by atoms with Crippen molar-refractivity contribution in [1.82, 2.24) is 24.8 Å². The van der Waals surface area contributed by atoms with Gasteiger partial charge in [-0.3, -0.25) is 19.6 Å². The highest BCUT2D eigenvalue weighted by Gasteiger charge is 2.63. The van der Waals surface area contributed by atoms with E-state index < -0.39 is 34.8 Å². The maximum Gasteiger partial charge on any atom is 0.417 e. The first-order valence-corrected chi connectivity index (χ1v) is 11.3. The van der Waals surface area contributed by atoms with E-state index in [0.29, 0.717) is 60.2 Å². The molecule has 35 heavy (non-hydrogen) atoms. The average Bonchev–Trinajstić information content (AvgIpc) is 3.55. The summed E-state index contributed by atoms with van der Waals surface area (Å²) < 4.78 is 45.8. The number of halogens is 4. The number of amides is 3. The summed E-state index contributed by atoms with van der Waals surface area (Å²) in [6.07, 6.45) is 2.80. The number of carbonyl (C=O) groups excluding carboxylic acids is 2. The van der Waals surface area contributed by atoms with Crippen LogP contribution in [0, 0.1) is 0 Å². The van der Waals surface area contributed by atoms with Crippen LogP contribution in [-0.4, -0.2) is 54.5 Å². The van der Waals surface area contributed by atoms with Crippen LogP contribution >= 0.6 is 11.6 Å². The van der Waals surface area contributed by atoms with Crippen LogP contribution in [0.1, 0.15) is 37.7 Å². The highest BCUT2D eigenvalue weighted by atomic mass is 35.5. The van der Waals surface area contributed by atoms with Gasteiger partial charge in [0.25, 0.3) is 5.91 Å². The number of hydrogen-bond acceptors (Lipinski definition) is 6. The zero-order valence-corrected chi connectivity index (χ0v) is 18.9. The maximum absolute atomic E-state index is 13.3. The van der Waals surface area contributed by atoms with Crippen LogP contribution in [0.2, 0.25) is 5.02 Å². The van der Waals surface area contributed by atoms with E-state index in [4.69, 9.17) is 16.3 Å². The van der Waals surface area contributed by atoms with Gasteiger partial charge in [0.05, 0.1) is 33.4 Å². The number of fused-ring (bicyclic) bond motifs is 3. The Labute approximate surface area is 201 Å². The smallest absolute Gasteiger partial charge is 0.417 e. The summed E-state index contributed by atoms with van der Waals surface area (Å²) in [5.74, 6) is -0.127. The van der Waals surface area contributed by atoms with E-state index >= 15 is 0 Å². The maximum atomic E-state index is 13.3. The average molecular weight is 507 g/mol. The molecule has 1 saturated heterocycles. The minimum Gasteiger partial charge on any atom is -0.470 e. The number of rotatable bonds is 4. The van der Waals surface area contributed by atoms with Crippen LogP contribution in [0.4, 0.5) is 23.7 Å². The number of urea groups is 1. The number of imide groups is 1. The Morgan fingerprint density at radius 2 is 1.89 bits per heavy atom. The van der Waals surface area contributed by atoms with Crippen molar-refractivity contribution in [3.05, 3.63) is 41.6 Å². The van der Waals surface area contributed by atoms with Crippen molar-refractivity contribution in [2.75, 3.05) is 11.4 Å². The van der Waals surface area contributed by atoms with E-state index in [0.717, 1.165) is 17.2 Å². The van der Waals surface area contributed by atoms with Crippen molar-refractivity contribution in [2.45, 2.75) is 49.4 Å². The number of nitrogens with zero attached hydrogens (tertiary/aromatic N) is 5. The van der Waals surface area contributed by atoms with Crippen LogP contribution < -0.4 is 9.64 Å². The summed E-state index contributed by atoms with van der Waals surface area (Å²) in [6, 6.07) is 0.184. The van der Waals surface area contributed by atoms with Crippen molar-refractivity contribution in [3.63, 3.8) is 0 Å². The minimum atomic E-state index is -4.61. The number of nitrogens with one attached hydrogen (secondary N) is 1. The Bertz CT molecular complexity index is 1370. The number of alkyl halides is 3. The lowest BCUT2D eigenvalue weighted by molar-refractivity contribution is -0.137. The van der Waals surface area contributed by atoms with Crippen LogP contribution in [0.25, 0.3) is 11.0 Å². The molecule has 1 aliphatic heterocycles. The molecular formula is C22H18ClF3N6O3. The molecule has 3 aliphatic rings. The summed E-state index contributed by atoms with van der Waals surface area (Å²) in [4.78, 5) is 43.6. The van der Waals surface area contributed by atoms with Crippen molar-refractivity contribution in [1.29, 1.82) is 0 Å². The molecule has 13 heteroatoms. The van der Waals surface area contributed by atoms with Crippen molar-refractivity contribution >= 4 is 40.3 Å². The molecule has 0 unspecified atom stereocenters. The molecule has 3 amide bonds. The summed E-state index contributed by atoms with van der Waals surface area (Å²) in [5.41, 5.74) is -1.93.